The highest BCUT2D eigenvalue weighted by molar-refractivity contribution is 7.89. The molecule has 0 amide bonds. The van der Waals surface area contributed by atoms with Crippen molar-refractivity contribution in [1.29, 1.82) is 0 Å². The van der Waals surface area contributed by atoms with Crippen molar-refractivity contribution in [3.8, 4) is 0 Å². The van der Waals surface area contributed by atoms with Crippen molar-refractivity contribution in [2.45, 2.75) is 18.9 Å². The highest BCUT2D eigenvalue weighted by Gasteiger charge is 2.27. The van der Waals surface area contributed by atoms with E-state index in [4.69, 9.17) is 4.74 Å². The summed E-state index contributed by atoms with van der Waals surface area (Å²) in [7, 11) is -2.91. The van der Waals surface area contributed by atoms with Gasteiger partial charge in [0.15, 0.2) is 0 Å². The van der Waals surface area contributed by atoms with Crippen LogP contribution in [0.5, 0.6) is 0 Å². The zero-order chi connectivity index (χ0) is 10.7. The number of nitrogens with zero attached hydrogens (tertiary/aromatic N) is 1. The molecule has 2 aliphatic rings. The fourth-order valence-corrected chi connectivity index (χ4v) is 3.38. The maximum atomic E-state index is 11.4. The van der Waals surface area contributed by atoms with Gasteiger partial charge in [0, 0.05) is 32.8 Å². The lowest BCUT2D eigenvalue weighted by Gasteiger charge is -2.27. The quantitative estimate of drug-likeness (QED) is 0.645. The van der Waals surface area contributed by atoms with E-state index in [9.17, 15) is 8.42 Å². The van der Waals surface area contributed by atoms with Crippen molar-refractivity contribution in [2.75, 3.05) is 38.5 Å². The molecule has 0 aliphatic carbocycles. The smallest absolute Gasteiger partial charge is 0.214 e. The molecule has 0 aromatic heterocycles. The van der Waals surface area contributed by atoms with Gasteiger partial charge in [0.05, 0.1) is 11.9 Å². The Morgan fingerprint density at radius 2 is 2.20 bits per heavy atom. The molecule has 0 aromatic carbocycles. The summed E-state index contributed by atoms with van der Waals surface area (Å²) in [6.45, 7) is 3.83. The molecule has 15 heavy (non-hydrogen) atoms. The van der Waals surface area contributed by atoms with Crippen LogP contribution in [0.4, 0.5) is 0 Å². The molecule has 2 heterocycles. The van der Waals surface area contributed by atoms with E-state index in [-0.39, 0.29) is 0 Å². The first-order chi connectivity index (χ1) is 7.18. The molecule has 88 valence electrons. The van der Waals surface area contributed by atoms with Gasteiger partial charge in [0.25, 0.3) is 0 Å². The topological polar surface area (TPSA) is 58.6 Å². The number of rotatable bonds is 5. The lowest BCUT2D eigenvalue weighted by atomic mass is 10.2. The zero-order valence-electron chi connectivity index (χ0n) is 8.81. The molecule has 1 N–H and O–H groups in total. The second-order valence-electron chi connectivity index (χ2n) is 4.07. The Morgan fingerprint density at radius 3 is 2.73 bits per heavy atom. The largest absolute Gasteiger partial charge is 0.376 e. The molecule has 2 fully saturated rings. The van der Waals surface area contributed by atoms with Crippen molar-refractivity contribution in [1.82, 2.24) is 9.62 Å². The van der Waals surface area contributed by atoms with Gasteiger partial charge in [-0.3, -0.25) is 0 Å². The van der Waals surface area contributed by atoms with E-state index in [0.717, 1.165) is 25.9 Å². The molecule has 0 aromatic rings. The standard InChI is InChI=1S/C9H18N2O3S/c12-15(13)6-2-4-11(15)3-1-5-14-9-7-10-8-9/h9-10H,1-8H2. The van der Waals surface area contributed by atoms with Crippen LogP contribution in [-0.2, 0) is 14.8 Å². The molecule has 0 radical (unpaired) electrons. The fourth-order valence-electron chi connectivity index (χ4n) is 1.81. The highest BCUT2D eigenvalue weighted by Crippen LogP contribution is 2.13. The van der Waals surface area contributed by atoms with Crippen molar-refractivity contribution in [2.24, 2.45) is 0 Å². The summed E-state index contributed by atoms with van der Waals surface area (Å²) in [6.07, 6.45) is 1.92. The number of hydrogen-bond donors (Lipinski definition) is 1. The molecule has 0 unspecified atom stereocenters. The third kappa shape index (κ3) is 2.90. The van der Waals surface area contributed by atoms with Crippen LogP contribution in [-0.4, -0.2) is 57.4 Å². The summed E-state index contributed by atoms with van der Waals surface area (Å²) in [5.74, 6) is 0.320. The second kappa shape index (κ2) is 4.78. The summed E-state index contributed by atoms with van der Waals surface area (Å²) < 4.78 is 30.0. The summed E-state index contributed by atoms with van der Waals surface area (Å²) in [4.78, 5) is 0. The molecule has 0 saturated carbocycles. The normalized spacial score (nSPS) is 26.7. The zero-order valence-corrected chi connectivity index (χ0v) is 9.63. The van der Waals surface area contributed by atoms with E-state index in [1.165, 1.54) is 0 Å². The third-order valence-corrected chi connectivity index (χ3v) is 4.81. The lowest BCUT2D eigenvalue weighted by molar-refractivity contribution is 0.0165. The average molecular weight is 234 g/mol. The van der Waals surface area contributed by atoms with Crippen LogP contribution in [0, 0.1) is 0 Å². The van der Waals surface area contributed by atoms with Crippen LogP contribution in [0.3, 0.4) is 0 Å². The Bertz CT molecular complexity index is 300. The number of ether oxygens (including phenoxy) is 1. The number of sulfonamides is 1. The first kappa shape index (κ1) is 11.3. The van der Waals surface area contributed by atoms with Gasteiger partial charge in [-0.05, 0) is 12.8 Å². The molecule has 0 spiro atoms. The molecular weight excluding hydrogens is 216 g/mol. The van der Waals surface area contributed by atoms with E-state index in [1.54, 1.807) is 4.31 Å². The Hall–Kier alpha value is -0.170. The van der Waals surface area contributed by atoms with E-state index < -0.39 is 10.0 Å². The predicted molar refractivity (Wildman–Crippen MR) is 57.2 cm³/mol. The predicted octanol–water partition coefficient (Wildman–Crippen LogP) is -0.600. The molecule has 0 atom stereocenters. The molecule has 2 aliphatic heterocycles. The van der Waals surface area contributed by atoms with Gasteiger partial charge >= 0.3 is 0 Å². The molecular formula is C9H18N2O3S. The van der Waals surface area contributed by atoms with Gasteiger partial charge in [-0.25, -0.2) is 12.7 Å². The van der Waals surface area contributed by atoms with Crippen molar-refractivity contribution < 1.29 is 13.2 Å². The summed E-state index contributed by atoms with van der Waals surface area (Å²) in [5.41, 5.74) is 0. The van der Waals surface area contributed by atoms with E-state index in [1.807, 2.05) is 0 Å². The van der Waals surface area contributed by atoms with Gasteiger partial charge in [0.1, 0.15) is 0 Å². The lowest BCUT2D eigenvalue weighted by Crippen LogP contribution is -2.48. The first-order valence-corrected chi connectivity index (χ1v) is 7.09. The average Bonchev–Trinajstić information content (AvgIpc) is 2.42. The Morgan fingerprint density at radius 1 is 1.40 bits per heavy atom. The number of hydrogen-bond acceptors (Lipinski definition) is 4. The van der Waals surface area contributed by atoms with Crippen molar-refractivity contribution in [3.05, 3.63) is 0 Å². The van der Waals surface area contributed by atoms with Crippen LogP contribution in [0.1, 0.15) is 12.8 Å². The van der Waals surface area contributed by atoms with Gasteiger partial charge in [-0.1, -0.05) is 0 Å². The maximum Gasteiger partial charge on any atom is 0.214 e. The first-order valence-electron chi connectivity index (χ1n) is 5.49. The van der Waals surface area contributed by atoms with Gasteiger partial charge < -0.3 is 10.1 Å². The SMILES string of the molecule is O=S1(=O)CCCN1CCCOC1CNC1. The molecule has 0 bridgehead atoms. The highest BCUT2D eigenvalue weighted by atomic mass is 32.2. The van der Waals surface area contributed by atoms with Crippen molar-refractivity contribution >= 4 is 10.0 Å². The Kier molecular flexibility index (Phi) is 3.60. The van der Waals surface area contributed by atoms with E-state index in [2.05, 4.69) is 5.32 Å². The van der Waals surface area contributed by atoms with Gasteiger partial charge in [0.2, 0.25) is 10.0 Å². The van der Waals surface area contributed by atoms with Crippen LogP contribution in [0.25, 0.3) is 0 Å². The van der Waals surface area contributed by atoms with Crippen LogP contribution in [0.15, 0.2) is 0 Å². The molecule has 5 nitrogen and oxygen atoms in total. The third-order valence-electron chi connectivity index (χ3n) is 2.85. The van der Waals surface area contributed by atoms with Crippen LogP contribution in [0.2, 0.25) is 0 Å². The minimum atomic E-state index is -2.91. The number of nitrogens with one attached hydrogen (secondary N) is 1. The molecule has 2 saturated heterocycles. The van der Waals surface area contributed by atoms with Crippen molar-refractivity contribution in [3.63, 3.8) is 0 Å². The fraction of sp³-hybridized carbons (Fsp3) is 1.00. The summed E-state index contributed by atoms with van der Waals surface area (Å²) in [6, 6.07) is 0. The van der Waals surface area contributed by atoms with Crippen LogP contribution >= 0.6 is 0 Å². The van der Waals surface area contributed by atoms with E-state index >= 15 is 0 Å². The second-order valence-corrected chi connectivity index (χ2v) is 6.16. The Labute approximate surface area is 90.8 Å². The van der Waals surface area contributed by atoms with Gasteiger partial charge in [-0.2, -0.15) is 0 Å². The minimum absolute atomic E-state index is 0.320. The van der Waals surface area contributed by atoms with Crippen LogP contribution < -0.4 is 5.32 Å². The summed E-state index contributed by atoms with van der Waals surface area (Å²) >= 11 is 0. The monoisotopic (exact) mass is 234 g/mol. The molecule has 6 heteroatoms. The van der Waals surface area contributed by atoms with E-state index in [0.29, 0.717) is 31.6 Å². The summed E-state index contributed by atoms with van der Waals surface area (Å²) in [5, 5.41) is 3.13. The minimum Gasteiger partial charge on any atom is -0.376 e. The maximum absolute atomic E-state index is 11.4. The van der Waals surface area contributed by atoms with Gasteiger partial charge in [-0.15, -0.1) is 0 Å². The molecule has 2 rings (SSSR count). The Balaban J connectivity index is 1.61.